The third-order valence-electron chi connectivity index (χ3n) is 5.32. The quantitative estimate of drug-likeness (QED) is 0.615. The minimum absolute atomic E-state index is 0.0826. The van der Waals surface area contributed by atoms with E-state index in [0.29, 0.717) is 36.2 Å². The first-order chi connectivity index (χ1) is 15.5. The molecule has 0 radical (unpaired) electrons. The zero-order chi connectivity index (χ0) is 22.5. The lowest BCUT2D eigenvalue weighted by atomic mass is 10.1. The molecule has 4 rings (SSSR count). The fraction of sp³-hybridized carbons (Fsp3) is 0.240. The van der Waals surface area contributed by atoms with Crippen LogP contribution in [0.4, 0.5) is 11.4 Å². The van der Waals surface area contributed by atoms with Crippen molar-refractivity contribution in [3.63, 3.8) is 0 Å². The largest absolute Gasteiger partial charge is 0.490 e. The number of para-hydroxylation sites is 2. The maximum atomic E-state index is 12.6. The Labute approximate surface area is 187 Å². The van der Waals surface area contributed by atoms with Gasteiger partial charge in [0.15, 0.2) is 0 Å². The van der Waals surface area contributed by atoms with Crippen molar-refractivity contribution in [2.45, 2.75) is 26.7 Å². The van der Waals surface area contributed by atoms with Gasteiger partial charge in [0, 0.05) is 18.9 Å². The monoisotopic (exact) mass is 431 g/mol. The summed E-state index contributed by atoms with van der Waals surface area (Å²) >= 11 is 0. The number of hydrogen-bond acceptors (Lipinski definition) is 5. The number of nitrogens with one attached hydrogen (secondary N) is 1. The molecule has 2 aromatic carbocycles. The summed E-state index contributed by atoms with van der Waals surface area (Å²) in [4.78, 5) is 30.9. The van der Waals surface area contributed by atoms with Crippen molar-refractivity contribution in [3.05, 3.63) is 71.9 Å². The maximum Gasteiger partial charge on any atom is 0.227 e. The molecule has 0 spiro atoms. The van der Waals surface area contributed by atoms with Crippen LogP contribution in [0.25, 0.3) is 0 Å². The zero-order valence-electron chi connectivity index (χ0n) is 18.1. The van der Waals surface area contributed by atoms with Crippen LogP contribution in [0.15, 0.2) is 60.8 Å². The number of anilines is 2. The topological polar surface area (TPSA) is 80.8 Å². The van der Waals surface area contributed by atoms with Gasteiger partial charge in [-0.1, -0.05) is 18.2 Å². The van der Waals surface area contributed by atoms with Crippen LogP contribution < -0.4 is 19.7 Å². The Morgan fingerprint density at radius 3 is 2.69 bits per heavy atom. The summed E-state index contributed by atoms with van der Waals surface area (Å²) in [6.45, 7) is 4.99. The van der Waals surface area contributed by atoms with E-state index < -0.39 is 0 Å². The van der Waals surface area contributed by atoms with Gasteiger partial charge >= 0.3 is 0 Å². The summed E-state index contributed by atoms with van der Waals surface area (Å²) in [6, 6.07) is 16.7. The van der Waals surface area contributed by atoms with E-state index in [4.69, 9.17) is 9.47 Å². The van der Waals surface area contributed by atoms with Crippen molar-refractivity contribution in [2.75, 3.05) is 23.4 Å². The lowest BCUT2D eigenvalue weighted by Gasteiger charge is -2.29. The summed E-state index contributed by atoms with van der Waals surface area (Å²) in [7, 11) is 0. The van der Waals surface area contributed by atoms with Crippen molar-refractivity contribution < 1.29 is 19.1 Å². The van der Waals surface area contributed by atoms with E-state index in [1.54, 1.807) is 17.0 Å². The molecule has 0 unspecified atom stereocenters. The van der Waals surface area contributed by atoms with Gasteiger partial charge in [-0.3, -0.25) is 9.59 Å². The first-order valence-corrected chi connectivity index (χ1v) is 10.5. The highest BCUT2D eigenvalue weighted by atomic mass is 16.5. The van der Waals surface area contributed by atoms with E-state index in [-0.39, 0.29) is 24.7 Å². The molecule has 1 N–H and O–H groups in total. The van der Waals surface area contributed by atoms with Crippen LogP contribution in [0.2, 0.25) is 0 Å². The second-order valence-corrected chi connectivity index (χ2v) is 7.64. The van der Waals surface area contributed by atoms with Crippen LogP contribution in [0, 0.1) is 13.8 Å². The number of rotatable bonds is 6. The molecule has 164 valence electrons. The highest BCUT2D eigenvalue weighted by molar-refractivity contribution is 5.99. The second-order valence-electron chi connectivity index (χ2n) is 7.64. The molecule has 0 bridgehead atoms. The van der Waals surface area contributed by atoms with Crippen LogP contribution in [0.5, 0.6) is 17.4 Å². The highest BCUT2D eigenvalue weighted by Crippen LogP contribution is 2.31. The summed E-state index contributed by atoms with van der Waals surface area (Å²) in [5.74, 6) is 1.48. The zero-order valence-corrected chi connectivity index (χ0v) is 18.1. The van der Waals surface area contributed by atoms with Gasteiger partial charge in [0.2, 0.25) is 17.7 Å². The van der Waals surface area contributed by atoms with Crippen LogP contribution in [-0.4, -0.2) is 29.9 Å². The van der Waals surface area contributed by atoms with Gasteiger partial charge in [-0.25, -0.2) is 4.98 Å². The number of aromatic nitrogens is 1. The van der Waals surface area contributed by atoms with Gasteiger partial charge in [-0.2, -0.15) is 0 Å². The number of carbonyl (C=O) groups is 2. The standard InChI is InChI=1S/C25H25N3O4/c1-17-7-9-20(15-18(17)2)32-24-11-8-19(16-26-24)27-23(29)10-12-25(30)28-13-14-31-22-6-4-3-5-21(22)28/h3-9,11,15-16H,10,12-14H2,1-2H3,(H,27,29). The summed E-state index contributed by atoms with van der Waals surface area (Å²) in [5.41, 5.74) is 3.63. The van der Waals surface area contributed by atoms with Gasteiger partial charge in [-0.15, -0.1) is 0 Å². The molecule has 1 aromatic heterocycles. The van der Waals surface area contributed by atoms with Gasteiger partial charge in [0.1, 0.15) is 18.1 Å². The molecule has 7 heteroatoms. The lowest BCUT2D eigenvalue weighted by Crippen LogP contribution is -2.38. The number of aryl methyl sites for hydroxylation is 2. The number of benzene rings is 2. The third-order valence-corrected chi connectivity index (χ3v) is 5.32. The molecule has 3 aromatic rings. The van der Waals surface area contributed by atoms with Crippen LogP contribution in [0.1, 0.15) is 24.0 Å². The summed E-state index contributed by atoms with van der Waals surface area (Å²) in [6.07, 6.45) is 1.73. The number of fused-ring (bicyclic) bond motifs is 1. The minimum atomic E-state index is -0.246. The van der Waals surface area contributed by atoms with E-state index in [9.17, 15) is 9.59 Å². The summed E-state index contributed by atoms with van der Waals surface area (Å²) in [5, 5.41) is 2.77. The lowest BCUT2D eigenvalue weighted by molar-refractivity contribution is -0.122. The Morgan fingerprint density at radius 2 is 1.91 bits per heavy atom. The minimum Gasteiger partial charge on any atom is -0.490 e. The van der Waals surface area contributed by atoms with E-state index in [0.717, 1.165) is 11.3 Å². The van der Waals surface area contributed by atoms with Crippen molar-refractivity contribution in [2.24, 2.45) is 0 Å². The van der Waals surface area contributed by atoms with E-state index >= 15 is 0 Å². The third kappa shape index (κ3) is 5.06. The first-order valence-electron chi connectivity index (χ1n) is 10.5. The maximum absolute atomic E-state index is 12.6. The Morgan fingerprint density at radius 1 is 1.06 bits per heavy atom. The number of carbonyl (C=O) groups excluding carboxylic acids is 2. The molecule has 2 heterocycles. The molecule has 2 amide bonds. The van der Waals surface area contributed by atoms with Crippen LogP contribution in [-0.2, 0) is 9.59 Å². The Balaban J connectivity index is 1.29. The van der Waals surface area contributed by atoms with Gasteiger partial charge in [-0.05, 0) is 55.3 Å². The molecule has 1 aliphatic rings. The van der Waals surface area contributed by atoms with Crippen molar-refractivity contribution in [1.82, 2.24) is 4.98 Å². The van der Waals surface area contributed by atoms with Crippen LogP contribution in [0.3, 0.4) is 0 Å². The second kappa shape index (κ2) is 9.51. The van der Waals surface area contributed by atoms with Crippen molar-refractivity contribution in [3.8, 4) is 17.4 Å². The van der Waals surface area contributed by atoms with Crippen molar-refractivity contribution in [1.29, 1.82) is 0 Å². The van der Waals surface area contributed by atoms with Crippen LogP contribution >= 0.6 is 0 Å². The number of ether oxygens (including phenoxy) is 2. The number of amides is 2. The molecule has 7 nitrogen and oxygen atoms in total. The highest BCUT2D eigenvalue weighted by Gasteiger charge is 2.23. The van der Waals surface area contributed by atoms with Crippen molar-refractivity contribution >= 4 is 23.2 Å². The molecule has 32 heavy (non-hydrogen) atoms. The number of pyridine rings is 1. The Kier molecular flexibility index (Phi) is 6.35. The smallest absolute Gasteiger partial charge is 0.227 e. The molecule has 0 aliphatic carbocycles. The molecule has 0 fully saturated rings. The molecule has 0 atom stereocenters. The predicted molar refractivity (Wildman–Crippen MR) is 122 cm³/mol. The fourth-order valence-electron chi connectivity index (χ4n) is 3.42. The van der Waals surface area contributed by atoms with E-state index in [1.165, 1.54) is 11.8 Å². The SMILES string of the molecule is Cc1ccc(Oc2ccc(NC(=O)CCC(=O)N3CCOc4ccccc43)cn2)cc1C. The molecular weight excluding hydrogens is 406 g/mol. The van der Waals surface area contributed by atoms with Gasteiger partial charge < -0.3 is 19.7 Å². The molecule has 0 saturated heterocycles. The van der Waals surface area contributed by atoms with E-state index in [1.807, 2.05) is 56.3 Å². The average Bonchev–Trinajstić information content (AvgIpc) is 2.81. The number of hydrogen-bond donors (Lipinski definition) is 1. The normalized spacial score (nSPS) is 12.5. The van der Waals surface area contributed by atoms with E-state index in [2.05, 4.69) is 10.3 Å². The average molecular weight is 431 g/mol. The Bertz CT molecular complexity index is 1130. The molecular formula is C25H25N3O4. The number of nitrogens with zero attached hydrogens (tertiary/aromatic N) is 2. The summed E-state index contributed by atoms with van der Waals surface area (Å²) < 4.78 is 11.3. The Hall–Kier alpha value is -3.87. The molecule has 1 aliphatic heterocycles. The molecule has 0 saturated carbocycles. The van der Waals surface area contributed by atoms with Gasteiger partial charge in [0.25, 0.3) is 0 Å². The predicted octanol–water partition coefficient (Wildman–Crippen LogP) is 4.64. The fourth-order valence-corrected chi connectivity index (χ4v) is 3.42. The first kappa shape index (κ1) is 21.4. The van der Waals surface area contributed by atoms with Gasteiger partial charge in [0.05, 0.1) is 24.1 Å².